The molecule has 96 valence electrons. The molecule has 0 saturated heterocycles. The first-order valence-electron chi connectivity index (χ1n) is 5.72. The Balaban J connectivity index is 2.90. The Morgan fingerprint density at radius 2 is 2.06 bits per heavy atom. The normalized spacial score (nSPS) is 14.8. The van der Waals surface area contributed by atoms with E-state index < -0.39 is 18.0 Å². The Labute approximate surface area is 101 Å². The van der Waals surface area contributed by atoms with Gasteiger partial charge in [-0.2, -0.15) is 0 Å². The highest BCUT2D eigenvalue weighted by Crippen LogP contribution is 2.25. The maximum atomic E-state index is 13.6. The van der Waals surface area contributed by atoms with E-state index in [0.29, 0.717) is 18.1 Å². The molecule has 4 heteroatoms. The van der Waals surface area contributed by atoms with Crippen LogP contribution in [0.3, 0.4) is 0 Å². The number of halogens is 1. The lowest BCUT2D eigenvalue weighted by Gasteiger charge is -2.21. The van der Waals surface area contributed by atoms with Crippen molar-refractivity contribution >= 4 is 0 Å². The van der Waals surface area contributed by atoms with Crippen LogP contribution in [-0.2, 0) is 0 Å². The zero-order chi connectivity index (χ0) is 13.0. The Bertz CT molecular complexity index is 368. The molecule has 0 amide bonds. The number of rotatable bonds is 5. The molecule has 0 unspecified atom stereocenters. The Kier molecular flexibility index (Phi) is 4.90. The molecule has 0 aliphatic heterocycles. The molecule has 2 atom stereocenters. The quantitative estimate of drug-likeness (QED) is 0.831. The van der Waals surface area contributed by atoms with Gasteiger partial charge in [0.25, 0.3) is 0 Å². The van der Waals surface area contributed by atoms with E-state index in [0.717, 1.165) is 0 Å². The monoisotopic (exact) mass is 241 g/mol. The highest BCUT2D eigenvalue weighted by Gasteiger charge is 2.21. The third-order valence-corrected chi connectivity index (χ3v) is 2.69. The van der Waals surface area contributed by atoms with Crippen LogP contribution in [-0.4, -0.2) is 18.3 Å². The second kappa shape index (κ2) is 5.98. The van der Waals surface area contributed by atoms with Gasteiger partial charge in [-0.25, -0.2) is 4.39 Å². The molecule has 0 spiro atoms. The fraction of sp³-hybridized carbons (Fsp3) is 0.538. The van der Waals surface area contributed by atoms with Crippen LogP contribution in [0, 0.1) is 11.7 Å². The average molecular weight is 241 g/mol. The van der Waals surface area contributed by atoms with Gasteiger partial charge in [0.2, 0.25) is 0 Å². The largest absolute Gasteiger partial charge is 0.497 e. The maximum Gasteiger partial charge on any atom is 0.128 e. The van der Waals surface area contributed by atoms with Gasteiger partial charge in [-0.15, -0.1) is 0 Å². The van der Waals surface area contributed by atoms with Crippen molar-refractivity contribution in [2.75, 3.05) is 7.11 Å². The van der Waals surface area contributed by atoms with Crippen molar-refractivity contribution in [3.63, 3.8) is 0 Å². The first kappa shape index (κ1) is 13.9. The summed E-state index contributed by atoms with van der Waals surface area (Å²) in [5.41, 5.74) is 6.16. The van der Waals surface area contributed by atoms with Crippen LogP contribution < -0.4 is 10.5 Å². The van der Waals surface area contributed by atoms with Gasteiger partial charge in [-0.05, 0) is 30.5 Å². The SMILES string of the molecule is COc1ccc(F)c([C@@H](N)[C@@H](O)CC(C)C)c1. The summed E-state index contributed by atoms with van der Waals surface area (Å²) in [6.07, 6.45) is -0.214. The molecular formula is C13H20FNO2. The molecule has 0 radical (unpaired) electrons. The Hall–Kier alpha value is -1.13. The summed E-state index contributed by atoms with van der Waals surface area (Å²) >= 11 is 0. The van der Waals surface area contributed by atoms with E-state index in [1.807, 2.05) is 13.8 Å². The third kappa shape index (κ3) is 3.68. The minimum atomic E-state index is -0.753. The van der Waals surface area contributed by atoms with Crippen molar-refractivity contribution in [1.29, 1.82) is 0 Å². The minimum Gasteiger partial charge on any atom is -0.497 e. The zero-order valence-corrected chi connectivity index (χ0v) is 10.5. The number of hydrogen-bond donors (Lipinski definition) is 2. The highest BCUT2D eigenvalue weighted by atomic mass is 19.1. The molecule has 0 fully saturated rings. The van der Waals surface area contributed by atoms with E-state index in [2.05, 4.69) is 0 Å². The molecule has 0 bridgehead atoms. The lowest BCUT2D eigenvalue weighted by Crippen LogP contribution is -2.28. The molecule has 0 aromatic heterocycles. The predicted molar refractivity (Wildman–Crippen MR) is 65.3 cm³/mol. The molecule has 1 aromatic carbocycles. The van der Waals surface area contributed by atoms with E-state index in [4.69, 9.17) is 10.5 Å². The summed E-state index contributed by atoms with van der Waals surface area (Å²) in [6, 6.07) is 3.63. The van der Waals surface area contributed by atoms with Crippen LogP contribution in [0.25, 0.3) is 0 Å². The number of aliphatic hydroxyl groups is 1. The lowest BCUT2D eigenvalue weighted by molar-refractivity contribution is 0.119. The van der Waals surface area contributed by atoms with Crippen LogP contribution in [0.1, 0.15) is 31.9 Å². The van der Waals surface area contributed by atoms with Crippen LogP contribution in [0.15, 0.2) is 18.2 Å². The molecule has 3 nitrogen and oxygen atoms in total. The van der Waals surface area contributed by atoms with Gasteiger partial charge < -0.3 is 15.6 Å². The zero-order valence-electron chi connectivity index (χ0n) is 10.5. The first-order valence-corrected chi connectivity index (χ1v) is 5.72. The maximum absolute atomic E-state index is 13.6. The van der Waals surface area contributed by atoms with Gasteiger partial charge in [0, 0.05) is 5.56 Å². The smallest absolute Gasteiger partial charge is 0.128 e. The lowest BCUT2D eigenvalue weighted by atomic mass is 9.95. The number of aliphatic hydroxyl groups excluding tert-OH is 1. The van der Waals surface area contributed by atoms with Gasteiger partial charge in [0.1, 0.15) is 11.6 Å². The topological polar surface area (TPSA) is 55.5 Å². The summed E-state index contributed by atoms with van der Waals surface area (Å²) in [4.78, 5) is 0. The van der Waals surface area contributed by atoms with Gasteiger partial charge in [0.15, 0.2) is 0 Å². The van der Waals surface area contributed by atoms with E-state index in [1.165, 1.54) is 25.3 Å². The number of benzene rings is 1. The van der Waals surface area contributed by atoms with Gasteiger partial charge in [-0.3, -0.25) is 0 Å². The fourth-order valence-corrected chi connectivity index (χ4v) is 1.74. The van der Waals surface area contributed by atoms with Gasteiger partial charge >= 0.3 is 0 Å². The van der Waals surface area contributed by atoms with E-state index >= 15 is 0 Å². The molecule has 1 aromatic rings. The van der Waals surface area contributed by atoms with Crippen molar-refractivity contribution in [3.05, 3.63) is 29.6 Å². The summed E-state index contributed by atoms with van der Waals surface area (Å²) in [5.74, 6) is 0.430. The van der Waals surface area contributed by atoms with Crippen molar-refractivity contribution in [1.82, 2.24) is 0 Å². The van der Waals surface area contributed by atoms with E-state index in [9.17, 15) is 9.50 Å². The van der Waals surface area contributed by atoms with E-state index in [-0.39, 0.29) is 5.56 Å². The second-order valence-electron chi connectivity index (χ2n) is 4.61. The summed E-state index contributed by atoms with van der Waals surface area (Å²) in [6.45, 7) is 3.97. The molecule has 0 aliphatic rings. The molecule has 0 heterocycles. The standard InChI is InChI=1S/C13H20FNO2/c1-8(2)6-12(16)13(15)10-7-9(17-3)4-5-11(10)14/h4-5,7-8,12-13,16H,6,15H2,1-3H3/t12-,13+/m0/s1. The summed E-state index contributed by atoms with van der Waals surface area (Å²) < 4.78 is 18.6. The van der Waals surface area contributed by atoms with Crippen LogP contribution in [0.2, 0.25) is 0 Å². The van der Waals surface area contributed by atoms with Gasteiger partial charge in [0.05, 0.1) is 19.3 Å². The van der Waals surface area contributed by atoms with Crippen LogP contribution in [0.4, 0.5) is 4.39 Å². The van der Waals surface area contributed by atoms with Gasteiger partial charge in [-0.1, -0.05) is 13.8 Å². The average Bonchev–Trinajstić information content (AvgIpc) is 2.28. The molecule has 0 saturated carbocycles. The third-order valence-electron chi connectivity index (χ3n) is 2.69. The number of nitrogens with two attached hydrogens (primary N) is 1. The van der Waals surface area contributed by atoms with E-state index in [1.54, 1.807) is 0 Å². The second-order valence-corrected chi connectivity index (χ2v) is 4.61. The number of hydrogen-bond acceptors (Lipinski definition) is 3. The van der Waals surface area contributed by atoms with Crippen molar-refractivity contribution < 1.29 is 14.2 Å². The molecule has 1 rings (SSSR count). The Morgan fingerprint density at radius 1 is 1.41 bits per heavy atom. The molecule has 0 aliphatic carbocycles. The van der Waals surface area contributed by atoms with Crippen LogP contribution in [0.5, 0.6) is 5.75 Å². The highest BCUT2D eigenvalue weighted by molar-refractivity contribution is 5.32. The summed E-state index contributed by atoms with van der Waals surface area (Å²) in [7, 11) is 1.51. The van der Waals surface area contributed by atoms with Crippen molar-refractivity contribution in [2.45, 2.75) is 32.4 Å². The van der Waals surface area contributed by atoms with Crippen LogP contribution >= 0.6 is 0 Å². The molecule has 3 N–H and O–H groups in total. The number of ether oxygens (including phenoxy) is 1. The molecular weight excluding hydrogens is 221 g/mol. The summed E-state index contributed by atoms with van der Waals surface area (Å²) in [5, 5.41) is 9.90. The van der Waals surface area contributed by atoms with Crippen molar-refractivity contribution in [3.8, 4) is 5.75 Å². The fourth-order valence-electron chi connectivity index (χ4n) is 1.74. The minimum absolute atomic E-state index is 0.289. The predicted octanol–water partition coefficient (Wildman–Crippen LogP) is 2.24. The Morgan fingerprint density at radius 3 is 2.59 bits per heavy atom. The number of methoxy groups -OCH3 is 1. The van der Waals surface area contributed by atoms with Crippen molar-refractivity contribution in [2.24, 2.45) is 11.7 Å². The first-order chi connectivity index (χ1) is 7.95. The molecule has 17 heavy (non-hydrogen) atoms.